The zero-order valence-electron chi connectivity index (χ0n) is 9.71. The Labute approximate surface area is 98.2 Å². The summed E-state index contributed by atoms with van der Waals surface area (Å²) in [4.78, 5) is 2.65. The highest BCUT2D eigenvalue weighted by molar-refractivity contribution is 7.99. The van der Waals surface area contributed by atoms with Gasteiger partial charge in [-0.15, -0.1) is 0 Å². The van der Waals surface area contributed by atoms with Crippen molar-refractivity contribution < 1.29 is 0 Å². The summed E-state index contributed by atoms with van der Waals surface area (Å²) >= 11 is 2.11. The Morgan fingerprint density at radius 1 is 1.27 bits per heavy atom. The van der Waals surface area contributed by atoms with Gasteiger partial charge in [-0.05, 0) is 51.2 Å². The predicted molar refractivity (Wildman–Crippen MR) is 68.6 cm³/mol. The third kappa shape index (κ3) is 4.33. The van der Waals surface area contributed by atoms with Crippen molar-refractivity contribution in [1.29, 1.82) is 0 Å². The second-order valence-corrected chi connectivity index (χ2v) is 6.03. The number of thioether (sulfide) groups is 1. The summed E-state index contributed by atoms with van der Waals surface area (Å²) in [6.07, 6.45) is 5.71. The van der Waals surface area contributed by atoms with Gasteiger partial charge in [-0.25, -0.2) is 0 Å². The van der Waals surface area contributed by atoms with Crippen molar-refractivity contribution >= 4 is 11.8 Å². The van der Waals surface area contributed by atoms with Crippen LogP contribution in [0.15, 0.2) is 0 Å². The molecule has 1 atom stereocenters. The molecule has 2 saturated heterocycles. The van der Waals surface area contributed by atoms with E-state index in [1.807, 2.05) is 0 Å². The lowest BCUT2D eigenvalue weighted by molar-refractivity contribution is 0.273. The van der Waals surface area contributed by atoms with E-state index in [0.717, 1.165) is 5.92 Å². The molecule has 2 aliphatic rings. The minimum atomic E-state index is 0.970. The summed E-state index contributed by atoms with van der Waals surface area (Å²) in [5, 5.41) is 3.51. The average Bonchev–Trinajstić information content (AvgIpc) is 2.32. The van der Waals surface area contributed by atoms with Crippen molar-refractivity contribution in [3.8, 4) is 0 Å². The maximum Gasteiger partial charge on any atom is 0.00727 e. The summed E-state index contributed by atoms with van der Waals surface area (Å²) in [6, 6.07) is 0. The third-order valence-corrected chi connectivity index (χ3v) is 4.53. The molecule has 2 nitrogen and oxygen atoms in total. The molecule has 1 N–H and O–H groups in total. The average molecular weight is 228 g/mol. The molecular weight excluding hydrogens is 204 g/mol. The van der Waals surface area contributed by atoms with E-state index < -0.39 is 0 Å². The maximum absolute atomic E-state index is 3.51. The maximum atomic E-state index is 3.51. The predicted octanol–water partition coefficient (Wildman–Crippen LogP) is 1.81. The summed E-state index contributed by atoms with van der Waals surface area (Å²) in [7, 11) is 0. The molecule has 0 aromatic heterocycles. The molecule has 3 heteroatoms. The summed E-state index contributed by atoms with van der Waals surface area (Å²) in [5.74, 6) is 3.67. The lowest BCUT2D eigenvalue weighted by Crippen LogP contribution is -2.34. The van der Waals surface area contributed by atoms with Gasteiger partial charge in [0.15, 0.2) is 0 Å². The van der Waals surface area contributed by atoms with Gasteiger partial charge in [-0.2, -0.15) is 11.8 Å². The number of rotatable bonds is 4. The van der Waals surface area contributed by atoms with E-state index >= 15 is 0 Å². The number of nitrogens with zero attached hydrogens (tertiary/aromatic N) is 1. The Morgan fingerprint density at radius 2 is 2.13 bits per heavy atom. The minimum absolute atomic E-state index is 0.970. The van der Waals surface area contributed by atoms with E-state index in [1.165, 1.54) is 69.9 Å². The fraction of sp³-hybridized carbons (Fsp3) is 1.00. The van der Waals surface area contributed by atoms with Gasteiger partial charge in [0.05, 0.1) is 0 Å². The molecule has 2 heterocycles. The van der Waals surface area contributed by atoms with Gasteiger partial charge in [0.1, 0.15) is 0 Å². The first-order valence-electron chi connectivity index (χ1n) is 6.46. The van der Waals surface area contributed by atoms with E-state index in [1.54, 1.807) is 0 Å². The van der Waals surface area contributed by atoms with Gasteiger partial charge >= 0.3 is 0 Å². The number of nitrogens with one attached hydrogen (secondary N) is 1. The fourth-order valence-electron chi connectivity index (χ4n) is 2.60. The first-order chi connectivity index (χ1) is 7.45. The molecule has 0 spiro atoms. The molecule has 2 fully saturated rings. The molecule has 2 rings (SSSR count). The zero-order valence-corrected chi connectivity index (χ0v) is 10.5. The van der Waals surface area contributed by atoms with Crippen LogP contribution in [-0.4, -0.2) is 49.1 Å². The number of hydrogen-bond donors (Lipinski definition) is 1. The SMILES string of the molecule is C1CNCC(CCCN2CCSCC2)C1. The lowest BCUT2D eigenvalue weighted by Gasteiger charge is -2.27. The molecule has 0 bridgehead atoms. The summed E-state index contributed by atoms with van der Waals surface area (Å²) < 4.78 is 0. The first kappa shape index (κ1) is 11.7. The Kier molecular flexibility index (Phi) is 5.30. The van der Waals surface area contributed by atoms with Crippen LogP contribution in [-0.2, 0) is 0 Å². The van der Waals surface area contributed by atoms with Crippen LogP contribution in [0.1, 0.15) is 25.7 Å². The second kappa shape index (κ2) is 6.77. The van der Waals surface area contributed by atoms with Crippen molar-refractivity contribution in [1.82, 2.24) is 10.2 Å². The van der Waals surface area contributed by atoms with Crippen LogP contribution < -0.4 is 5.32 Å². The van der Waals surface area contributed by atoms with Crippen LogP contribution in [0.4, 0.5) is 0 Å². The Morgan fingerprint density at radius 3 is 2.87 bits per heavy atom. The van der Waals surface area contributed by atoms with Crippen LogP contribution in [0.2, 0.25) is 0 Å². The van der Waals surface area contributed by atoms with Gasteiger partial charge in [-0.1, -0.05) is 0 Å². The van der Waals surface area contributed by atoms with Gasteiger partial charge in [0, 0.05) is 24.6 Å². The largest absolute Gasteiger partial charge is 0.316 e. The van der Waals surface area contributed by atoms with E-state index in [9.17, 15) is 0 Å². The molecular formula is C12H24N2S. The van der Waals surface area contributed by atoms with E-state index in [-0.39, 0.29) is 0 Å². The minimum Gasteiger partial charge on any atom is -0.316 e. The Hall–Kier alpha value is 0.270. The zero-order chi connectivity index (χ0) is 10.3. The van der Waals surface area contributed by atoms with E-state index in [0.29, 0.717) is 0 Å². The highest BCUT2D eigenvalue weighted by Crippen LogP contribution is 2.17. The molecule has 0 aromatic carbocycles. The highest BCUT2D eigenvalue weighted by Gasteiger charge is 2.14. The fourth-order valence-corrected chi connectivity index (χ4v) is 3.58. The molecule has 15 heavy (non-hydrogen) atoms. The monoisotopic (exact) mass is 228 g/mol. The Bertz CT molecular complexity index is 145. The topological polar surface area (TPSA) is 15.3 Å². The van der Waals surface area contributed by atoms with Crippen molar-refractivity contribution in [2.45, 2.75) is 25.7 Å². The van der Waals surface area contributed by atoms with Gasteiger partial charge in [0.2, 0.25) is 0 Å². The Balaban J connectivity index is 1.53. The lowest BCUT2D eigenvalue weighted by atomic mass is 9.95. The van der Waals surface area contributed by atoms with Crippen LogP contribution >= 0.6 is 11.8 Å². The van der Waals surface area contributed by atoms with E-state index in [4.69, 9.17) is 0 Å². The molecule has 0 amide bonds. The first-order valence-corrected chi connectivity index (χ1v) is 7.61. The van der Waals surface area contributed by atoms with E-state index in [2.05, 4.69) is 22.0 Å². The van der Waals surface area contributed by atoms with Crippen molar-refractivity contribution in [2.24, 2.45) is 5.92 Å². The molecule has 88 valence electrons. The normalized spacial score (nSPS) is 29.2. The van der Waals surface area contributed by atoms with Crippen LogP contribution in [0.3, 0.4) is 0 Å². The molecule has 0 saturated carbocycles. The van der Waals surface area contributed by atoms with Crippen LogP contribution in [0.5, 0.6) is 0 Å². The van der Waals surface area contributed by atoms with Crippen molar-refractivity contribution in [3.63, 3.8) is 0 Å². The third-order valence-electron chi connectivity index (χ3n) is 3.59. The van der Waals surface area contributed by atoms with Crippen LogP contribution in [0.25, 0.3) is 0 Å². The summed E-state index contributed by atoms with van der Waals surface area (Å²) in [5.41, 5.74) is 0. The van der Waals surface area contributed by atoms with Crippen LogP contribution in [0, 0.1) is 5.92 Å². The smallest absolute Gasteiger partial charge is 0.00727 e. The molecule has 0 radical (unpaired) electrons. The standard InChI is InChI=1S/C12H24N2S/c1-3-12(11-13-5-1)4-2-6-14-7-9-15-10-8-14/h12-13H,1-11H2. The van der Waals surface area contributed by atoms with Gasteiger partial charge in [0.25, 0.3) is 0 Å². The van der Waals surface area contributed by atoms with Gasteiger partial charge < -0.3 is 10.2 Å². The number of piperidine rings is 1. The van der Waals surface area contributed by atoms with Crippen molar-refractivity contribution in [2.75, 3.05) is 44.2 Å². The molecule has 1 unspecified atom stereocenters. The molecule has 0 aromatic rings. The molecule has 0 aliphatic carbocycles. The second-order valence-electron chi connectivity index (χ2n) is 4.81. The highest BCUT2D eigenvalue weighted by atomic mass is 32.2. The summed E-state index contributed by atoms with van der Waals surface area (Å²) in [6.45, 7) is 6.52. The number of hydrogen-bond acceptors (Lipinski definition) is 3. The van der Waals surface area contributed by atoms with Crippen molar-refractivity contribution in [3.05, 3.63) is 0 Å². The quantitative estimate of drug-likeness (QED) is 0.790. The molecule has 2 aliphatic heterocycles. The van der Waals surface area contributed by atoms with Gasteiger partial charge in [-0.3, -0.25) is 0 Å².